The molecule has 2 aliphatic heterocycles. The number of benzene rings is 2. The van der Waals surface area contributed by atoms with Crippen LogP contribution in [0.3, 0.4) is 0 Å². The Morgan fingerprint density at radius 2 is 1.97 bits per heavy atom. The predicted molar refractivity (Wildman–Crippen MR) is 114 cm³/mol. The lowest BCUT2D eigenvalue weighted by molar-refractivity contribution is -0.130. The van der Waals surface area contributed by atoms with Gasteiger partial charge in [-0.15, -0.1) is 0 Å². The molecule has 6 heteroatoms. The number of ether oxygens (including phenoxy) is 1. The van der Waals surface area contributed by atoms with Gasteiger partial charge in [-0.05, 0) is 29.3 Å². The Bertz CT molecular complexity index is 1100. The minimum Gasteiger partial charge on any atom is -0.485 e. The van der Waals surface area contributed by atoms with E-state index in [1.807, 2.05) is 60.8 Å². The Labute approximate surface area is 175 Å². The van der Waals surface area contributed by atoms with Crippen LogP contribution in [0.15, 0.2) is 73.1 Å². The van der Waals surface area contributed by atoms with Gasteiger partial charge in [-0.1, -0.05) is 42.5 Å². The molecule has 0 aliphatic carbocycles. The summed E-state index contributed by atoms with van der Waals surface area (Å²) in [5, 5.41) is 11.7. The monoisotopic (exact) mass is 398 g/mol. The highest BCUT2D eigenvalue weighted by atomic mass is 16.5. The van der Waals surface area contributed by atoms with E-state index in [2.05, 4.69) is 16.4 Å². The predicted octanol–water partition coefficient (Wildman–Crippen LogP) is 3.85. The van der Waals surface area contributed by atoms with Gasteiger partial charge < -0.3 is 10.1 Å². The summed E-state index contributed by atoms with van der Waals surface area (Å²) in [7, 11) is 1.63. The second-order valence-electron chi connectivity index (χ2n) is 7.86. The molecule has 30 heavy (non-hydrogen) atoms. The molecular formula is C24H22N4O2. The van der Waals surface area contributed by atoms with E-state index in [0.29, 0.717) is 6.42 Å². The number of pyridine rings is 1. The molecule has 1 spiro atoms. The van der Waals surface area contributed by atoms with E-state index >= 15 is 0 Å². The fourth-order valence-electron chi connectivity index (χ4n) is 4.34. The summed E-state index contributed by atoms with van der Waals surface area (Å²) in [5.41, 5.74) is 3.26. The molecule has 2 aromatic carbocycles. The van der Waals surface area contributed by atoms with E-state index < -0.39 is 5.54 Å². The molecule has 1 amide bonds. The van der Waals surface area contributed by atoms with E-state index in [1.54, 1.807) is 13.2 Å². The Morgan fingerprint density at radius 1 is 1.13 bits per heavy atom. The van der Waals surface area contributed by atoms with Gasteiger partial charge in [0, 0.05) is 37.0 Å². The molecule has 2 atom stereocenters. The fraction of sp³-hybridized carbons (Fsp3) is 0.208. The third kappa shape index (κ3) is 3.01. The molecule has 6 nitrogen and oxygen atoms in total. The van der Waals surface area contributed by atoms with Crippen molar-refractivity contribution in [1.82, 2.24) is 15.2 Å². The zero-order chi connectivity index (χ0) is 20.7. The molecule has 0 radical (unpaired) electrons. The third-order valence-corrected chi connectivity index (χ3v) is 5.98. The second-order valence-corrected chi connectivity index (χ2v) is 7.86. The number of carbonyl (C=O) groups is 1. The molecule has 1 aromatic heterocycles. The lowest BCUT2D eigenvalue weighted by atomic mass is 9.76. The number of hydrogen-bond acceptors (Lipinski definition) is 4. The van der Waals surface area contributed by atoms with Crippen LogP contribution in [-0.4, -0.2) is 28.8 Å². The summed E-state index contributed by atoms with van der Waals surface area (Å²) >= 11 is 0. The van der Waals surface area contributed by atoms with E-state index in [4.69, 9.17) is 10.1 Å². The van der Waals surface area contributed by atoms with Crippen molar-refractivity contribution < 1.29 is 9.53 Å². The van der Waals surface area contributed by atoms with Crippen molar-refractivity contribution in [2.24, 2.45) is 0 Å². The minimum atomic E-state index is -0.701. The van der Waals surface area contributed by atoms with Gasteiger partial charge in [-0.3, -0.25) is 20.1 Å². The first kappa shape index (κ1) is 18.4. The van der Waals surface area contributed by atoms with Gasteiger partial charge >= 0.3 is 0 Å². The summed E-state index contributed by atoms with van der Waals surface area (Å²) in [6.07, 6.45) is 4.18. The van der Waals surface area contributed by atoms with Crippen molar-refractivity contribution in [2.45, 2.75) is 24.5 Å². The third-order valence-electron chi connectivity index (χ3n) is 5.98. The van der Waals surface area contributed by atoms with E-state index in [1.165, 1.54) is 4.90 Å². The molecule has 2 N–H and O–H groups in total. The standard InChI is InChI=1S/C24H22N4O2/c1-28-22(29)14-24(27-23(28)25)13-21(16-6-3-2-4-7-16)30-20-10-9-17(12-19(20)24)18-8-5-11-26-15-18/h2-12,15,21H,13-14H2,1H3,(H2,25,27)/t21-,24-/m1/s1. The molecule has 0 saturated carbocycles. The van der Waals surface area contributed by atoms with Crippen LogP contribution in [0.2, 0.25) is 0 Å². The number of amides is 1. The van der Waals surface area contributed by atoms with Crippen molar-refractivity contribution in [3.8, 4) is 16.9 Å². The number of nitrogens with zero attached hydrogens (tertiary/aromatic N) is 2. The van der Waals surface area contributed by atoms with Gasteiger partial charge in [0.25, 0.3) is 0 Å². The second kappa shape index (κ2) is 6.99. The Morgan fingerprint density at radius 3 is 2.70 bits per heavy atom. The average Bonchev–Trinajstić information content (AvgIpc) is 2.78. The lowest BCUT2D eigenvalue weighted by Gasteiger charge is -2.47. The van der Waals surface area contributed by atoms with Crippen LogP contribution >= 0.6 is 0 Å². The molecule has 0 bridgehead atoms. The Kier molecular flexibility index (Phi) is 4.28. The molecular weight excluding hydrogens is 376 g/mol. The van der Waals surface area contributed by atoms with Crippen molar-refractivity contribution >= 4 is 11.9 Å². The van der Waals surface area contributed by atoms with Gasteiger partial charge in [0.2, 0.25) is 5.91 Å². The molecule has 150 valence electrons. The molecule has 5 rings (SSSR count). The van der Waals surface area contributed by atoms with Crippen LogP contribution in [0.4, 0.5) is 0 Å². The number of nitrogens with one attached hydrogen (secondary N) is 2. The molecule has 0 unspecified atom stereocenters. The van der Waals surface area contributed by atoms with Crippen LogP contribution in [0.25, 0.3) is 11.1 Å². The first-order chi connectivity index (χ1) is 14.6. The van der Waals surface area contributed by atoms with Crippen LogP contribution in [0.1, 0.15) is 30.1 Å². The number of fused-ring (bicyclic) bond motifs is 2. The van der Waals surface area contributed by atoms with Crippen molar-refractivity contribution in [3.63, 3.8) is 0 Å². The number of rotatable bonds is 2. The summed E-state index contributed by atoms with van der Waals surface area (Å²) in [6.45, 7) is 0. The smallest absolute Gasteiger partial charge is 0.231 e. The Balaban J connectivity index is 1.64. The lowest BCUT2D eigenvalue weighted by Crippen LogP contribution is -2.61. The zero-order valence-electron chi connectivity index (χ0n) is 16.6. The molecule has 2 aliphatic rings. The SMILES string of the molecule is CN1C(=N)N[C@@]2(CC1=O)C[C@H](c1ccccc1)Oc1ccc(-c3cccnc3)cc12. The van der Waals surface area contributed by atoms with Crippen LogP contribution in [-0.2, 0) is 10.3 Å². The van der Waals surface area contributed by atoms with Crippen molar-refractivity contribution in [2.75, 3.05) is 7.05 Å². The zero-order valence-corrected chi connectivity index (χ0v) is 16.6. The highest BCUT2D eigenvalue weighted by Gasteiger charge is 2.48. The van der Waals surface area contributed by atoms with E-state index in [0.717, 1.165) is 28.0 Å². The van der Waals surface area contributed by atoms with E-state index in [-0.39, 0.29) is 24.4 Å². The highest BCUT2D eigenvalue weighted by Crippen LogP contribution is 2.48. The summed E-state index contributed by atoms with van der Waals surface area (Å²) in [4.78, 5) is 18.4. The molecule has 3 heterocycles. The van der Waals surface area contributed by atoms with Crippen LogP contribution in [0, 0.1) is 5.41 Å². The maximum atomic E-state index is 12.8. The van der Waals surface area contributed by atoms with Crippen molar-refractivity contribution in [1.29, 1.82) is 5.41 Å². The maximum absolute atomic E-state index is 12.8. The van der Waals surface area contributed by atoms with Gasteiger partial charge in [-0.25, -0.2) is 0 Å². The first-order valence-corrected chi connectivity index (χ1v) is 9.96. The number of guanidine groups is 1. The number of hydrogen-bond donors (Lipinski definition) is 2. The highest BCUT2D eigenvalue weighted by molar-refractivity contribution is 5.99. The minimum absolute atomic E-state index is 0.0785. The fourth-order valence-corrected chi connectivity index (χ4v) is 4.34. The quantitative estimate of drug-likeness (QED) is 0.687. The van der Waals surface area contributed by atoms with Gasteiger partial charge in [0.1, 0.15) is 11.9 Å². The maximum Gasteiger partial charge on any atom is 0.231 e. The van der Waals surface area contributed by atoms with E-state index in [9.17, 15) is 4.79 Å². The summed E-state index contributed by atoms with van der Waals surface area (Å²) < 4.78 is 6.38. The summed E-state index contributed by atoms with van der Waals surface area (Å²) in [5.74, 6) is 0.767. The molecule has 1 fully saturated rings. The number of aromatic nitrogens is 1. The largest absolute Gasteiger partial charge is 0.485 e. The first-order valence-electron chi connectivity index (χ1n) is 9.96. The molecule has 3 aromatic rings. The average molecular weight is 398 g/mol. The Hall–Kier alpha value is -3.67. The topological polar surface area (TPSA) is 78.3 Å². The molecule has 1 saturated heterocycles. The normalized spacial score (nSPS) is 23.0. The van der Waals surface area contributed by atoms with Gasteiger partial charge in [0.05, 0.1) is 12.0 Å². The van der Waals surface area contributed by atoms with Crippen LogP contribution < -0.4 is 10.1 Å². The van der Waals surface area contributed by atoms with Gasteiger partial charge in [-0.2, -0.15) is 0 Å². The van der Waals surface area contributed by atoms with Crippen LogP contribution in [0.5, 0.6) is 5.75 Å². The van der Waals surface area contributed by atoms with Gasteiger partial charge in [0.15, 0.2) is 5.96 Å². The van der Waals surface area contributed by atoms with Crippen molar-refractivity contribution in [3.05, 3.63) is 84.2 Å². The number of carbonyl (C=O) groups excluding carboxylic acids is 1. The summed E-state index contributed by atoms with van der Waals surface area (Å²) in [6, 6.07) is 20.0.